The van der Waals surface area contributed by atoms with Crippen LogP contribution in [0.25, 0.3) is 0 Å². The first-order chi connectivity index (χ1) is 10.8. The van der Waals surface area contributed by atoms with Crippen LogP contribution in [0.2, 0.25) is 0 Å². The van der Waals surface area contributed by atoms with Crippen LogP contribution in [0.15, 0.2) is 6.20 Å². The minimum Gasteiger partial charge on any atom is -0.389 e. The fourth-order valence-corrected chi connectivity index (χ4v) is 3.35. The van der Waals surface area contributed by atoms with Crippen molar-refractivity contribution < 1.29 is 9.90 Å². The molecule has 23 heavy (non-hydrogen) atoms. The van der Waals surface area contributed by atoms with Gasteiger partial charge in [-0.05, 0) is 32.1 Å². The molecule has 0 spiro atoms. The number of nitrogens with zero attached hydrogens (tertiary/aromatic N) is 4. The number of hydrogen-bond donors (Lipinski definition) is 1. The summed E-state index contributed by atoms with van der Waals surface area (Å²) in [6.45, 7) is 7.82. The van der Waals surface area contributed by atoms with Crippen LogP contribution in [0, 0.1) is 0 Å². The number of piperidine rings is 1. The number of likely N-dealkylation sites (tertiary alicyclic amines) is 1. The molecule has 1 atom stereocenters. The van der Waals surface area contributed by atoms with E-state index in [0.717, 1.165) is 44.3 Å². The highest BCUT2D eigenvalue weighted by molar-refractivity contribution is 5.77. The molecule has 1 aliphatic heterocycles. The third-order valence-electron chi connectivity index (χ3n) is 5.17. The maximum absolute atomic E-state index is 12.5. The molecule has 2 fully saturated rings. The van der Waals surface area contributed by atoms with Crippen LogP contribution in [0.5, 0.6) is 0 Å². The van der Waals surface area contributed by atoms with Gasteiger partial charge in [-0.25, -0.2) is 4.68 Å². The Morgan fingerprint density at radius 2 is 2.13 bits per heavy atom. The van der Waals surface area contributed by atoms with E-state index in [9.17, 15) is 9.90 Å². The molecule has 0 radical (unpaired) electrons. The molecule has 1 amide bonds. The highest BCUT2D eigenvalue weighted by atomic mass is 16.3. The second-order valence-corrected chi connectivity index (χ2v) is 8.22. The summed E-state index contributed by atoms with van der Waals surface area (Å²) in [6.07, 6.45) is 6.81. The molecule has 6 nitrogen and oxygen atoms in total. The summed E-state index contributed by atoms with van der Waals surface area (Å²) >= 11 is 0. The normalized spacial score (nSPS) is 24.3. The van der Waals surface area contributed by atoms with Crippen molar-refractivity contribution >= 4 is 5.91 Å². The zero-order valence-electron chi connectivity index (χ0n) is 14.5. The van der Waals surface area contributed by atoms with Crippen molar-refractivity contribution in [2.45, 2.75) is 76.4 Å². The van der Waals surface area contributed by atoms with E-state index in [-0.39, 0.29) is 23.8 Å². The van der Waals surface area contributed by atoms with E-state index in [1.807, 2.05) is 15.8 Å². The van der Waals surface area contributed by atoms with Gasteiger partial charge < -0.3 is 10.0 Å². The molecule has 128 valence electrons. The van der Waals surface area contributed by atoms with Crippen molar-refractivity contribution in [1.82, 2.24) is 19.9 Å². The number of aliphatic hydroxyl groups is 1. The summed E-state index contributed by atoms with van der Waals surface area (Å²) in [5.41, 5.74) is 0.219. The van der Waals surface area contributed by atoms with Crippen molar-refractivity contribution in [2.24, 2.45) is 0 Å². The lowest BCUT2D eigenvalue weighted by atomic mass is 9.77. The van der Waals surface area contributed by atoms with Crippen molar-refractivity contribution in [3.8, 4) is 0 Å². The largest absolute Gasteiger partial charge is 0.389 e. The zero-order chi connectivity index (χ0) is 16.7. The molecule has 0 aromatic carbocycles. The monoisotopic (exact) mass is 320 g/mol. The first kappa shape index (κ1) is 16.4. The molecule has 0 bridgehead atoms. The maximum Gasteiger partial charge on any atom is 0.225 e. The minimum absolute atomic E-state index is 0.0179. The average Bonchev–Trinajstić information content (AvgIpc) is 2.95. The maximum atomic E-state index is 12.5. The molecular weight excluding hydrogens is 292 g/mol. The van der Waals surface area contributed by atoms with E-state index in [4.69, 9.17) is 0 Å². The first-order valence-corrected chi connectivity index (χ1v) is 8.69. The number of carbonyl (C=O) groups is 1. The molecule has 1 saturated heterocycles. The Morgan fingerprint density at radius 3 is 2.70 bits per heavy atom. The third-order valence-corrected chi connectivity index (χ3v) is 5.17. The Balaban J connectivity index is 1.63. The van der Waals surface area contributed by atoms with Gasteiger partial charge in [0.05, 0.1) is 23.8 Å². The Bertz CT molecular complexity index is 571. The van der Waals surface area contributed by atoms with Crippen molar-refractivity contribution in [1.29, 1.82) is 0 Å². The van der Waals surface area contributed by atoms with Crippen molar-refractivity contribution in [2.75, 3.05) is 13.1 Å². The lowest BCUT2D eigenvalue weighted by Crippen LogP contribution is -2.46. The van der Waals surface area contributed by atoms with Gasteiger partial charge in [-0.15, -0.1) is 5.10 Å². The van der Waals surface area contributed by atoms with E-state index in [2.05, 4.69) is 31.1 Å². The average molecular weight is 320 g/mol. The fraction of sp³-hybridized carbons (Fsp3) is 0.824. The molecule has 1 aliphatic carbocycles. The lowest BCUT2D eigenvalue weighted by Gasteiger charge is -2.39. The number of hydrogen-bond acceptors (Lipinski definition) is 4. The molecule has 2 aliphatic rings. The number of carbonyl (C=O) groups excluding carboxylic acids is 1. The summed E-state index contributed by atoms with van der Waals surface area (Å²) in [5.74, 6) is 0.0769. The summed E-state index contributed by atoms with van der Waals surface area (Å²) < 4.78 is 1.91. The van der Waals surface area contributed by atoms with Gasteiger partial charge in [-0.1, -0.05) is 26.0 Å². The van der Waals surface area contributed by atoms with E-state index < -0.39 is 5.60 Å². The Morgan fingerprint density at radius 1 is 1.39 bits per heavy atom. The van der Waals surface area contributed by atoms with Gasteiger partial charge in [0.2, 0.25) is 5.91 Å². The fourth-order valence-electron chi connectivity index (χ4n) is 3.35. The second kappa shape index (κ2) is 5.89. The SMILES string of the molecule is CC(C)(C)c1cn(C2CCCN(C(=O)CC3(O)CCC3)C2)nn1. The van der Waals surface area contributed by atoms with Gasteiger partial charge in [0.1, 0.15) is 0 Å². The van der Waals surface area contributed by atoms with Gasteiger partial charge >= 0.3 is 0 Å². The molecule has 1 aromatic heterocycles. The number of rotatable bonds is 3. The number of aromatic nitrogens is 3. The molecule has 2 heterocycles. The van der Waals surface area contributed by atoms with E-state index in [1.54, 1.807) is 0 Å². The van der Waals surface area contributed by atoms with Crippen LogP contribution in [0.1, 0.15) is 71.0 Å². The van der Waals surface area contributed by atoms with Gasteiger partial charge in [0.25, 0.3) is 0 Å². The van der Waals surface area contributed by atoms with Crippen LogP contribution in [0.3, 0.4) is 0 Å². The van der Waals surface area contributed by atoms with Crippen LogP contribution >= 0.6 is 0 Å². The van der Waals surface area contributed by atoms with Crippen LogP contribution < -0.4 is 0 Å². The molecular formula is C17H28N4O2. The van der Waals surface area contributed by atoms with E-state index in [0.29, 0.717) is 6.54 Å². The van der Waals surface area contributed by atoms with Gasteiger partial charge in [0, 0.05) is 24.7 Å². The predicted molar refractivity (Wildman–Crippen MR) is 87.0 cm³/mol. The highest BCUT2D eigenvalue weighted by Gasteiger charge is 2.38. The molecule has 1 N–H and O–H groups in total. The van der Waals surface area contributed by atoms with E-state index in [1.165, 1.54) is 0 Å². The molecule has 3 rings (SSSR count). The molecule has 6 heteroatoms. The highest BCUT2D eigenvalue weighted by Crippen LogP contribution is 2.35. The number of amides is 1. The summed E-state index contributed by atoms with van der Waals surface area (Å²) in [4.78, 5) is 14.4. The quantitative estimate of drug-likeness (QED) is 0.925. The van der Waals surface area contributed by atoms with Crippen LogP contribution in [0.4, 0.5) is 0 Å². The van der Waals surface area contributed by atoms with Gasteiger partial charge in [0.15, 0.2) is 0 Å². The van der Waals surface area contributed by atoms with Crippen LogP contribution in [-0.2, 0) is 10.2 Å². The third kappa shape index (κ3) is 3.57. The Hall–Kier alpha value is -1.43. The predicted octanol–water partition coefficient (Wildman–Crippen LogP) is 2.04. The van der Waals surface area contributed by atoms with Gasteiger partial charge in [-0.3, -0.25) is 4.79 Å². The molecule has 1 unspecified atom stereocenters. The lowest BCUT2D eigenvalue weighted by molar-refractivity contribution is -0.142. The van der Waals surface area contributed by atoms with Crippen molar-refractivity contribution in [3.05, 3.63) is 11.9 Å². The zero-order valence-corrected chi connectivity index (χ0v) is 14.5. The first-order valence-electron chi connectivity index (χ1n) is 8.69. The van der Waals surface area contributed by atoms with Crippen LogP contribution in [-0.4, -0.2) is 49.6 Å². The molecule has 1 aromatic rings. The van der Waals surface area contributed by atoms with Gasteiger partial charge in [-0.2, -0.15) is 0 Å². The Kier molecular flexibility index (Phi) is 4.21. The topological polar surface area (TPSA) is 71.2 Å². The summed E-state index contributed by atoms with van der Waals surface area (Å²) in [7, 11) is 0. The summed E-state index contributed by atoms with van der Waals surface area (Å²) in [5, 5.41) is 18.8. The minimum atomic E-state index is -0.739. The summed E-state index contributed by atoms with van der Waals surface area (Å²) in [6, 6.07) is 0.187. The smallest absolute Gasteiger partial charge is 0.225 e. The van der Waals surface area contributed by atoms with Crippen molar-refractivity contribution in [3.63, 3.8) is 0 Å². The Labute approximate surface area is 137 Å². The standard InChI is InChI=1S/C17H28N4O2/c1-16(2,3)14-12-21(19-18-14)13-6-4-9-20(11-13)15(22)10-17(23)7-5-8-17/h12-13,23H,4-11H2,1-3H3. The second-order valence-electron chi connectivity index (χ2n) is 8.22. The molecule has 1 saturated carbocycles. The van der Waals surface area contributed by atoms with E-state index >= 15 is 0 Å².